The highest BCUT2D eigenvalue weighted by Gasteiger charge is 2.36. The number of hydrogen-bond donors (Lipinski definition) is 0. The third kappa shape index (κ3) is 5.75. The number of nitrogens with zero attached hydrogens (tertiary/aromatic N) is 1. The number of alkyl halides is 3. The van der Waals surface area contributed by atoms with E-state index in [1.54, 1.807) is 6.92 Å². The second-order valence-corrected chi connectivity index (χ2v) is 7.26. The van der Waals surface area contributed by atoms with Crippen molar-refractivity contribution in [3.8, 4) is 5.75 Å². The van der Waals surface area contributed by atoms with Crippen LogP contribution in [-0.2, 0) is 19.3 Å². The molecule has 0 saturated carbocycles. The van der Waals surface area contributed by atoms with Crippen molar-refractivity contribution < 1.29 is 22.3 Å². The summed E-state index contributed by atoms with van der Waals surface area (Å²) in [6, 6.07) is 6.22. The van der Waals surface area contributed by atoms with E-state index in [1.807, 2.05) is 13.0 Å². The molecule has 1 heterocycles. The van der Waals surface area contributed by atoms with Crippen LogP contribution >= 0.6 is 0 Å². The van der Waals surface area contributed by atoms with Crippen LogP contribution < -0.4 is 4.74 Å². The van der Waals surface area contributed by atoms with Gasteiger partial charge in [0.25, 0.3) is 0 Å². The molecule has 1 unspecified atom stereocenters. The normalized spacial score (nSPS) is 15.3. The molecule has 3 nitrogen and oxygen atoms in total. The van der Waals surface area contributed by atoms with Crippen LogP contribution in [0.2, 0.25) is 0 Å². The van der Waals surface area contributed by atoms with Gasteiger partial charge in [0.1, 0.15) is 11.5 Å². The predicted molar refractivity (Wildman–Crippen MR) is 107 cm³/mol. The van der Waals surface area contributed by atoms with Gasteiger partial charge in [-0.05, 0) is 68.9 Å². The van der Waals surface area contributed by atoms with Gasteiger partial charge in [-0.3, -0.25) is 0 Å². The summed E-state index contributed by atoms with van der Waals surface area (Å²) < 4.78 is 50.3. The van der Waals surface area contributed by atoms with E-state index in [4.69, 9.17) is 9.15 Å². The molecule has 1 atom stereocenters. The minimum atomic E-state index is -4.26. The van der Waals surface area contributed by atoms with Gasteiger partial charge in [-0.2, -0.15) is 13.2 Å². The molecule has 1 aromatic heterocycles. The quantitative estimate of drug-likeness (QED) is 0.487. The van der Waals surface area contributed by atoms with Gasteiger partial charge in [0, 0.05) is 6.42 Å². The zero-order chi connectivity index (χ0) is 20.9. The number of fused-ring (bicyclic) bond motifs is 1. The van der Waals surface area contributed by atoms with Crippen molar-refractivity contribution in [3.05, 3.63) is 64.9 Å². The average Bonchev–Trinajstić information content (AvgIpc) is 3.26. The molecule has 0 saturated heterocycles. The molecule has 3 rings (SSSR count). The van der Waals surface area contributed by atoms with Gasteiger partial charge in [-0.25, -0.2) is 4.98 Å². The maximum absolute atomic E-state index is 12.9. The lowest BCUT2D eigenvalue weighted by Gasteiger charge is -2.14. The Bertz CT molecular complexity index is 881. The molecule has 6 heteroatoms. The lowest BCUT2D eigenvalue weighted by atomic mass is 10.0. The highest BCUT2D eigenvalue weighted by Crippen LogP contribution is 2.30. The van der Waals surface area contributed by atoms with E-state index < -0.39 is 12.1 Å². The summed E-state index contributed by atoms with van der Waals surface area (Å²) in [4.78, 5) is 4.28. The Labute approximate surface area is 169 Å². The Morgan fingerprint density at radius 3 is 2.79 bits per heavy atom. The van der Waals surface area contributed by atoms with Gasteiger partial charge in [-0.15, -0.1) is 0 Å². The molecule has 0 bridgehead atoms. The van der Waals surface area contributed by atoms with Crippen molar-refractivity contribution in [1.82, 2.24) is 4.98 Å². The molecule has 0 aliphatic heterocycles. The number of hydrogen-bond acceptors (Lipinski definition) is 3. The first-order valence-corrected chi connectivity index (χ1v) is 9.94. The molecule has 1 aliphatic carbocycles. The summed E-state index contributed by atoms with van der Waals surface area (Å²) >= 11 is 0. The first-order chi connectivity index (χ1) is 13.9. The van der Waals surface area contributed by atoms with Crippen molar-refractivity contribution in [2.24, 2.45) is 5.92 Å². The number of benzene rings is 1. The van der Waals surface area contributed by atoms with Gasteiger partial charge in [0.2, 0.25) is 5.89 Å². The van der Waals surface area contributed by atoms with E-state index in [0.717, 1.165) is 30.4 Å². The van der Waals surface area contributed by atoms with Gasteiger partial charge in [0.15, 0.2) is 0 Å². The standard InChI is InChI=1S/C23H26F3NO2/c1-3-6-19(23(24,25)26)9-5-10-22-27-16(2)21(29-22)13-14-28-20-12-11-17-7-4-8-18(17)15-20/h3,5-6,10-12,15,19H,4,7-9,13-14H2,1-2H3/b6-3-,10-5+. The molecule has 1 aliphatic rings. The van der Waals surface area contributed by atoms with Crippen molar-refractivity contribution in [2.75, 3.05) is 6.61 Å². The molecule has 29 heavy (non-hydrogen) atoms. The van der Waals surface area contributed by atoms with E-state index in [1.165, 1.54) is 35.8 Å². The molecular weight excluding hydrogens is 379 g/mol. The van der Waals surface area contributed by atoms with Crippen molar-refractivity contribution >= 4 is 6.08 Å². The summed E-state index contributed by atoms with van der Waals surface area (Å²) in [7, 11) is 0. The molecule has 2 aromatic rings. The molecular formula is C23H26F3NO2. The highest BCUT2D eigenvalue weighted by molar-refractivity contribution is 5.39. The van der Waals surface area contributed by atoms with Crippen LogP contribution in [0.1, 0.15) is 48.2 Å². The average molecular weight is 405 g/mol. The van der Waals surface area contributed by atoms with E-state index in [-0.39, 0.29) is 6.42 Å². The van der Waals surface area contributed by atoms with E-state index >= 15 is 0 Å². The maximum atomic E-state index is 12.9. The zero-order valence-corrected chi connectivity index (χ0v) is 16.8. The number of ether oxygens (including phenoxy) is 1. The van der Waals surface area contributed by atoms with Crippen LogP contribution in [0.4, 0.5) is 13.2 Å². The van der Waals surface area contributed by atoms with E-state index in [2.05, 4.69) is 17.1 Å². The zero-order valence-electron chi connectivity index (χ0n) is 16.8. The Hall–Kier alpha value is -2.50. The second-order valence-electron chi connectivity index (χ2n) is 7.26. The number of halogens is 3. The summed E-state index contributed by atoms with van der Waals surface area (Å²) in [5, 5.41) is 0. The van der Waals surface area contributed by atoms with Gasteiger partial charge < -0.3 is 9.15 Å². The van der Waals surface area contributed by atoms with Crippen LogP contribution in [0.15, 0.2) is 40.8 Å². The minimum Gasteiger partial charge on any atom is -0.493 e. The lowest BCUT2D eigenvalue weighted by Crippen LogP contribution is -2.20. The summed E-state index contributed by atoms with van der Waals surface area (Å²) in [5.41, 5.74) is 3.49. The smallest absolute Gasteiger partial charge is 0.395 e. The molecule has 0 fully saturated rings. The monoisotopic (exact) mass is 405 g/mol. The Morgan fingerprint density at radius 2 is 2.03 bits per heavy atom. The lowest BCUT2D eigenvalue weighted by molar-refractivity contribution is -0.160. The number of oxazole rings is 1. The van der Waals surface area contributed by atoms with Crippen LogP contribution in [0, 0.1) is 12.8 Å². The van der Waals surface area contributed by atoms with Crippen LogP contribution in [-0.4, -0.2) is 17.8 Å². The molecule has 1 aromatic carbocycles. The van der Waals surface area contributed by atoms with Crippen LogP contribution in [0.5, 0.6) is 5.75 Å². The van der Waals surface area contributed by atoms with Crippen molar-refractivity contribution in [1.29, 1.82) is 0 Å². The summed E-state index contributed by atoms with van der Waals surface area (Å²) in [6.07, 6.45) is 5.11. The fraction of sp³-hybridized carbons (Fsp3) is 0.435. The molecule has 0 spiro atoms. The van der Waals surface area contributed by atoms with E-state index in [9.17, 15) is 13.2 Å². The Balaban J connectivity index is 1.53. The highest BCUT2D eigenvalue weighted by atomic mass is 19.4. The number of aryl methyl sites for hydroxylation is 3. The number of allylic oxidation sites excluding steroid dienone is 3. The minimum absolute atomic E-state index is 0.147. The van der Waals surface area contributed by atoms with E-state index in [0.29, 0.717) is 24.7 Å². The van der Waals surface area contributed by atoms with Gasteiger partial charge >= 0.3 is 6.18 Å². The largest absolute Gasteiger partial charge is 0.493 e. The number of rotatable bonds is 8. The Kier molecular flexibility index (Phi) is 6.83. The number of aromatic nitrogens is 1. The van der Waals surface area contributed by atoms with Gasteiger partial charge in [-0.1, -0.05) is 24.3 Å². The third-order valence-electron chi connectivity index (χ3n) is 5.07. The Morgan fingerprint density at radius 1 is 1.24 bits per heavy atom. The van der Waals surface area contributed by atoms with Crippen LogP contribution in [0.25, 0.3) is 6.08 Å². The maximum Gasteiger partial charge on any atom is 0.395 e. The second kappa shape index (κ2) is 9.33. The fourth-order valence-corrected chi connectivity index (χ4v) is 3.52. The fourth-order valence-electron chi connectivity index (χ4n) is 3.52. The molecule has 0 N–H and O–H groups in total. The third-order valence-corrected chi connectivity index (χ3v) is 5.07. The summed E-state index contributed by atoms with van der Waals surface area (Å²) in [6.45, 7) is 3.86. The van der Waals surface area contributed by atoms with Crippen molar-refractivity contribution in [3.63, 3.8) is 0 Å². The molecule has 156 valence electrons. The first kappa shape index (κ1) is 21.2. The molecule has 0 radical (unpaired) electrons. The molecule has 0 amide bonds. The van der Waals surface area contributed by atoms with Crippen LogP contribution in [0.3, 0.4) is 0 Å². The van der Waals surface area contributed by atoms with Gasteiger partial charge in [0.05, 0.1) is 18.2 Å². The first-order valence-electron chi connectivity index (χ1n) is 9.94. The topological polar surface area (TPSA) is 35.3 Å². The predicted octanol–water partition coefficient (Wildman–Crippen LogP) is 6.25. The summed E-state index contributed by atoms with van der Waals surface area (Å²) in [5.74, 6) is 0.355. The van der Waals surface area contributed by atoms with Crippen molar-refractivity contribution in [2.45, 2.75) is 52.1 Å². The SMILES string of the molecule is C/C=C\C(C/C=C/c1nc(C)c(CCOc2ccc3c(c2)CCC3)o1)C(F)(F)F.